The van der Waals surface area contributed by atoms with E-state index >= 15 is 0 Å². The molecule has 13 heteroatoms. The highest BCUT2D eigenvalue weighted by Crippen LogP contribution is 2.38. The molecule has 0 aliphatic heterocycles. The van der Waals surface area contributed by atoms with Gasteiger partial charge in [0, 0.05) is 89.3 Å². The van der Waals surface area contributed by atoms with E-state index in [4.69, 9.17) is 26.5 Å². The third kappa shape index (κ3) is 11.7. The standard InChI is InChI=1S/C39H46BrClN6O5/c1-27(24-50)46-23-31-17-35(41)38(18-37(31)51-25-29-16-28(19-42)21-44-22-29)52-26-30-6-4-8-33(39(30)40)32-7-5-9-36(34(32)20-43)45-10-2-3-11-47(12-14-48)13-15-49/h4-9,16-18,20-22,27,43,45-46,48-50H,2-3,10-15,23-26H2,1H3. The van der Waals surface area contributed by atoms with Gasteiger partial charge in [-0.25, -0.2) is 0 Å². The Bertz CT molecular complexity index is 1800. The number of nitrogens with one attached hydrogen (secondary N) is 3. The number of aromatic nitrogens is 1. The molecule has 0 radical (unpaired) electrons. The van der Waals surface area contributed by atoms with Gasteiger partial charge in [0.05, 0.1) is 30.4 Å². The van der Waals surface area contributed by atoms with Crippen LogP contribution >= 0.6 is 27.5 Å². The minimum Gasteiger partial charge on any atom is -0.488 e. The molecule has 0 aliphatic carbocycles. The highest BCUT2D eigenvalue weighted by molar-refractivity contribution is 9.10. The molecule has 11 nitrogen and oxygen atoms in total. The van der Waals surface area contributed by atoms with Crippen LogP contribution in [0.1, 0.15) is 47.6 Å². The van der Waals surface area contributed by atoms with Gasteiger partial charge in [-0.1, -0.05) is 41.9 Å². The van der Waals surface area contributed by atoms with Crippen molar-refractivity contribution in [2.75, 3.05) is 51.3 Å². The largest absolute Gasteiger partial charge is 0.488 e. The summed E-state index contributed by atoms with van der Waals surface area (Å²) in [5.74, 6) is 0.971. The van der Waals surface area contributed by atoms with Crippen molar-refractivity contribution in [3.05, 3.63) is 104 Å². The minimum atomic E-state index is -0.134. The fourth-order valence-corrected chi connectivity index (χ4v) is 6.40. The normalized spacial score (nSPS) is 11.7. The second kappa shape index (κ2) is 21.5. The van der Waals surface area contributed by atoms with E-state index in [-0.39, 0.29) is 39.1 Å². The van der Waals surface area contributed by atoms with Crippen molar-refractivity contribution >= 4 is 39.4 Å². The fourth-order valence-electron chi connectivity index (χ4n) is 5.56. The molecule has 0 spiro atoms. The van der Waals surface area contributed by atoms with Crippen molar-refractivity contribution in [1.29, 1.82) is 10.7 Å². The highest BCUT2D eigenvalue weighted by Gasteiger charge is 2.17. The number of nitrogens with zero attached hydrogens (tertiary/aromatic N) is 3. The van der Waals surface area contributed by atoms with Crippen molar-refractivity contribution in [2.45, 2.75) is 45.6 Å². The first kappa shape index (κ1) is 40.7. The van der Waals surface area contributed by atoms with Crippen LogP contribution in [0.3, 0.4) is 0 Å². The summed E-state index contributed by atoms with van der Waals surface area (Å²) >= 11 is 10.5. The predicted molar refractivity (Wildman–Crippen MR) is 208 cm³/mol. The van der Waals surface area contributed by atoms with Crippen LogP contribution in [0.2, 0.25) is 5.02 Å². The van der Waals surface area contributed by atoms with E-state index in [1.54, 1.807) is 24.4 Å². The Hall–Kier alpha value is -4.06. The molecule has 0 saturated heterocycles. The van der Waals surface area contributed by atoms with Crippen LogP contribution in [0.15, 0.2) is 71.5 Å². The molecule has 1 unspecified atom stereocenters. The van der Waals surface area contributed by atoms with E-state index in [2.05, 4.69) is 37.6 Å². The van der Waals surface area contributed by atoms with Gasteiger partial charge >= 0.3 is 0 Å². The highest BCUT2D eigenvalue weighted by atomic mass is 79.9. The van der Waals surface area contributed by atoms with Gasteiger partial charge in [0.15, 0.2) is 0 Å². The third-order valence-electron chi connectivity index (χ3n) is 8.40. The third-order valence-corrected chi connectivity index (χ3v) is 9.63. The van der Waals surface area contributed by atoms with Gasteiger partial charge < -0.3 is 40.8 Å². The predicted octanol–water partition coefficient (Wildman–Crippen LogP) is 6.14. The van der Waals surface area contributed by atoms with Gasteiger partial charge in [-0.2, -0.15) is 5.26 Å². The molecular formula is C39H46BrClN6O5. The summed E-state index contributed by atoms with van der Waals surface area (Å²) in [7, 11) is 0. The van der Waals surface area contributed by atoms with Crippen LogP contribution in [-0.2, 0) is 19.8 Å². The maximum Gasteiger partial charge on any atom is 0.142 e. The second-order valence-corrected chi connectivity index (χ2v) is 13.4. The Labute approximate surface area is 318 Å². The maximum absolute atomic E-state index is 9.51. The summed E-state index contributed by atoms with van der Waals surface area (Å²) in [5, 5.41) is 52.7. The number of aliphatic hydroxyl groups is 3. The van der Waals surface area contributed by atoms with Gasteiger partial charge in [-0.15, -0.1) is 0 Å². The molecule has 6 N–H and O–H groups in total. The van der Waals surface area contributed by atoms with Crippen molar-refractivity contribution in [3.63, 3.8) is 0 Å². The number of unbranched alkanes of at least 4 members (excludes halogenated alkanes) is 1. The van der Waals surface area contributed by atoms with Crippen molar-refractivity contribution in [1.82, 2.24) is 15.2 Å². The summed E-state index contributed by atoms with van der Waals surface area (Å²) in [4.78, 5) is 6.17. The Balaban J connectivity index is 1.49. The summed E-state index contributed by atoms with van der Waals surface area (Å²) in [6.07, 6.45) is 6.32. The molecule has 276 valence electrons. The number of pyridine rings is 1. The lowest BCUT2D eigenvalue weighted by molar-refractivity contribution is 0.159. The smallest absolute Gasteiger partial charge is 0.142 e. The van der Waals surface area contributed by atoms with Crippen LogP contribution in [0.5, 0.6) is 11.5 Å². The number of ether oxygens (including phenoxy) is 2. The van der Waals surface area contributed by atoms with E-state index in [0.29, 0.717) is 41.7 Å². The first-order valence-corrected chi connectivity index (χ1v) is 18.3. The molecule has 0 fully saturated rings. The van der Waals surface area contributed by atoms with Crippen LogP contribution in [0.4, 0.5) is 5.69 Å². The molecule has 3 aromatic carbocycles. The van der Waals surface area contributed by atoms with Crippen LogP contribution < -0.4 is 20.1 Å². The average Bonchev–Trinajstić information content (AvgIpc) is 3.16. The van der Waals surface area contributed by atoms with E-state index < -0.39 is 0 Å². The van der Waals surface area contributed by atoms with Crippen LogP contribution in [-0.4, -0.2) is 83.5 Å². The molecule has 1 heterocycles. The molecule has 0 amide bonds. The van der Waals surface area contributed by atoms with Gasteiger partial charge in [0.25, 0.3) is 0 Å². The topological polar surface area (TPSA) is 167 Å². The number of anilines is 1. The summed E-state index contributed by atoms with van der Waals surface area (Å²) in [6, 6.07) is 19.1. The lowest BCUT2D eigenvalue weighted by Crippen LogP contribution is -2.31. The molecule has 1 aromatic heterocycles. The molecule has 0 saturated carbocycles. The SMILES string of the molecule is CC(CO)NCc1cc(Cl)c(OCc2cccc(-c3cccc(NCCCCN(CCO)CCO)c3C=N)c2Br)cc1OCc1cncc(C#N)c1. The Morgan fingerprint density at radius 3 is 2.44 bits per heavy atom. The summed E-state index contributed by atoms with van der Waals surface area (Å²) in [6.45, 7) is 5.37. The van der Waals surface area contributed by atoms with E-state index in [9.17, 15) is 20.6 Å². The lowest BCUT2D eigenvalue weighted by atomic mass is 9.97. The van der Waals surface area contributed by atoms with Crippen molar-refractivity contribution < 1.29 is 24.8 Å². The number of hydrogen-bond acceptors (Lipinski definition) is 11. The number of aliphatic hydroxyl groups excluding tert-OH is 3. The van der Waals surface area contributed by atoms with Crippen LogP contribution in [0.25, 0.3) is 11.1 Å². The van der Waals surface area contributed by atoms with E-state index in [1.807, 2.05) is 48.2 Å². The molecule has 52 heavy (non-hydrogen) atoms. The number of nitriles is 1. The fraction of sp³-hybridized carbons (Fsp3) is 0.359. The first-order chi connectivity index (χ1) is 25.3. The Morgan fingerprint density at radius 2 is 1.71 bits per heavy atom. The average molecular weight is 794 g/mol. The molecule has 4 aromatic rings. The number of hydrogen-bond donors (Lipinski definition) is 6. The van der Waals surface area contributed by atoms with Crippen molar-refractivity contribution in [3.8, 4) is 28.7 Å². The molecule has 0 aliphatic rings. The van der Waals surface area contributed by atoms with Gasteiger partial charge in [0.2, 0.25) is 0 Å². The van der Waals surface area contributed by atoms with E-state index in [1.165, 1.54) is 12.4 Å². The van der Waals surface area contributed by atoms with E-state index in [0.717, 1.165) is 69.5 Å². The Morgan fingerprint density at radius 1 is 0.962 bits per heavy atom. The number of benzene rings is 3. The zero-order valence-electron chi connectivity index (χ0n) is 29.2. The Kier molecular flexibility index (Phi) is 16.8. The first-order valence-electron chi connectivity index (χ1n) is 17.2. The summed E-state index contributed by atoms with van der Waals surface area (Å²) < 4.78 is 13.3. The molecule has 1 atom stereocenters. The lowest BCUT2D eigenvalue weighted by Gasteiger charge is -2.20. The molecule has 4 rings (SSSR count). The zero-order chi connectivity index (χ0) is 37.3. The van der Waals surface area contributed by atoms with Crippen molar-refractivity contribution in [2.24, 2.45) is 0 Å². The second-order valence-electron chi connectivity index (χ2n) is 12.2. The monoisotopic (exact) mass is 792 g/mol. The zero-order valence-corrected chi connectivity index (χ0v) is 31.6. The summed E-state index contributed by atoms with van der Waals surface area (Å²) in [5.41, 5.74) is 6.27. The van der Waals surface area contributed by atoms with Gasteiger partial charge in [-0.3, -0.25) is 9.88 Å². The molecule has 0 bridgehead atoms. The van der Waals surface area contributed by atoms with Gasteiger partial charge in [-0.05, 0) is 71.6 Å². The van der Waals surface area contributed by atoms with Gasteiger partial charge in [0.1, 0.15) is 30.8 Å². The van der Waals surface area contributed by atoms with Crippen LogP contribution in [0, 0.1) is 16.7 Å². The quantitative estimate of drug-likeness (QED) is 0.0402. The number of rotatable bonds is 22. The molecular weight excluding hydrogens is 748 g/mol. The minimum absolute atomic E-state index is 0.0216. The maximum atomic E-state index is 9.51. The number of halogens is 2.